The topological polar surface area (TPSA) is 24.6 Å². The number of nitrogens with one attached hydrogen (secondary N) is 1. The van der Waals surface area contributed by atoms with Crippen molar-refractivity contribution in [1.82, 2.24) is 5.32 Å². The molecule has 0 aliphatic carbocycles. The van der Waals surface area contributed by atoms with Crippen LogP contribution in [0.3, 0.4) is 0 Å². The van der Waals surface area contributed by atoms with E-state index >= 15 is 0 Å². The van der Waals surface area contributed by atoms with E-state index in [0.717, 1.165) is 13.2 Å². The Bertz CT molecular complexity index is 102. The van der Waals surface area contributed by atoms with E-state index < -0.39 is 0 Å². The quantitative estimate of drug-likeness (QED) is 0.447. The Hall–Kier alpha value is -0.0800. The Balaban J connectivity index is 1.65. The Morgan fingerprint density at radius 2 is 1.83 bits per heavy atom. The van der Waals surface area contributed by atoms with E-state index in [9.17, 15) is 0 Å². The molecule has 1 atom stereocenters. The first-order chi connectivity index (χ1) is 5.93. The van der Waals surface area contributed by atoms with Gasteiger partial charge in [0, 0.05) is 0 Å². The van der Waals surface area contributed by atoms with Crippen molar-refractivity contribution in [2.24, 2.45) is 0 Å². The molecule has 0 aromatic rings. The Morgan fingerprint density at radius 3 is 2.50 bits per heavy atom. The molecule has 72 valence electrons. The first kappa shape index (κ1) is 10.0. The molecule has 0 spiro atoms. The van der Waals surface area contributed by atoms with E-state index in [0.29, 0.717) is 6.23 Å². The highest BCUT2D eigenvalue weighted by molar-refractivity contribution is 4.65. The third-order valence-electron chi connectivity index (χ3n) is 2.24. The fourth-order valence-electron chi connectivity index (χ4n) is 1.33. The lowest BCUT2D eigenvalue weighted by Gasteiger charge is -2.00. The first-order valence-corrected chi connectivity index (χ1v) is 5.28. The molecule has 1 saturated heterocycles. The number of hydrogen-bond donors (Lipinski definition) is 1. The van der Waals surface area contributed by atoms with Crippen molar-refractivity contribution in [3.63, 3.8) is 0 Å². The third kappa shape index (κ3) is 5.56. The maximum Gasteiger partial charge on any atom is 0.132 e. The molecule has 1 fully saturated rings. The van der Waals surface area contributed by atoms with Crippen LogP contribution in [-0.4, -0.2) is 19.4 Å². The van der Waals surface area contributed by atoms with Gasteiger partial charge in [0.25, 0.3) is 0 Å². The lowest BCUT2D eigenvalue weighted by molar-refractivity contribution is 0.366. The van der Waals surface area contributed by atoms with Gasteiger partial charge >= 0.3 is 0 Å². The monoisotopic (exact) mass is 171 g/mol. The van der Waals surface area contributed by atoms with Gasteiger partial charge in [0.15, 0.2) is 0 Å². The van der Waals surface area contributed by atoms with Crippen molar-refractivity contribution in [2.75, 3.05) is 13.2 Å². The van der Waals surface area contributed by atoms with Gasteiger partial charge in [0.1, 0.15) is 6.23 Å². The maximum absolute atomic E-state index is 5.04. The largest absolute Gasteiger partial charge is 0.357 e. The van der Waals surface area contributed by atoms with Crippen LogP contribution in [0.25, 0.3) is 0 Å². The summed E-state index contributed by atoms with van der Waals surface area (Å²) >= 11 is 0. The molecule has 1 aliphatic rings. The summed E-state index contributed by atoms with van der Waals surface area (Å²) in [5.41, 5.74) is 0. The lowest BCUT2D eigenvalue weighted by atomic mass is 10.1. The molecule has 0 amide bonds. The minimum atomic E-state index is 0.403. The van der Waals surface area contributed by atoms with E-state index in [4.69, 9.17) is 4.74 Å². The normalized spacial score (nSPS) is 21.2. The van der Waals surface area contributed by atoms with E-state index in [1.807, 2.05) is 0 Å². The van der Waals surface area contributed by atoms with E-state index in [1.165, 1.54) is 38.5 Å². The van der Waals surface area contributed by atoms with Crippen LogP contribution in [0.5, 0.6) is 0 Å². The molecule has 0 saturated carbocycles. The van der Waals surface area contributed by atoms with Gasteiger partial charge in [-0.2, -0.15) is 0 Å². The van der Waals surface area contributed by atoms with Crippen LogP contribution in [0.4, 0.5) is 0 Å². The van der Waals surface area contributed by atoms with Crippen LogP contribution in [0, 0.1) is 0 Å². The zero-order valence-corrected chi connectivity index (χ0v) is 8.14. The van der Waals surface area contributed by atoms with E-state index in [-0.39, 0.29) is 0 Å². The average Bonchev–Trinajstić information content (AvgIpc) is 2.87. The average molecular weight is 171 g/mol. The molecule has 0 aromatic heterocycles. The van der Waals surface area contributed by atoms with Gasteiger partial charge in [-0.05, 0) is 13.0 Å². The summed E-state index contributed by atoms with van der Waals surface area (Å²) in [5, 5.41) is 3.33. The summed E-state index contributed by atoms with van der Waals surface area (Å²) in [4.78, 5) is 0. The Labute approximate surface area is 75.7 Å². The first-order valence-electron chi connectivity index (χ1n) is 5.28. The van der Waals surface area contributed by atoms with Crippen LogP contribution < -0.4 is 5.32 Å². The summed E-state index contributed by atoms with van der Waals surface area (Å²) in [7, 11) is 0. The smallest absolute Gasteiger partial charge is 0.132 e. The second-order valence-electron chi connectivity index (χ2n) is 3.54. The van der Waals surface area contributed by atoms with Gasteiger partial charge in [-0.15, -0.1) is 0 Å². The Morgan fingerprint density at radius 1 is 1.17 bits per heavy atom. The van der Waals surface area contributed by atoms with Crippen molar-refractivity contribution in [1.29, 1.82) is 0 Å². The van der Waals surface area contributed by atoms with E-state index in [1.54, 1.807) is 0 Å². The summed E-state index contributed by atoms with van der Waals surface area (Å²) in [5.74, 6) is 0. The van der Waals surface area contributed by atoms with Gasteiger partial charge in [-0.25, -0.2) is 0 Å². The fraction of sp³-hybridized carbons (Fsp3) is 1.00. The number of hydrogen-bond acceptors (Lipinski definition) is 2. The minimum Gasteiger partial charge on any atom is -0.357 e. The predicted molar refractivity (Wildman–Crippen MR) is 51.1 cm³/mol. The zero-order valence-electron chi connectivity index (χ0n) is 8.14. The summed E-state index contributed by atoms with van der Waals surface area (Å²) in [6.07, 6.45) is 8.65. The fourth-order valence-corrected chi connectivity index (χ4v) is 1.33. The molecule has 1 unspecified atom stereocenters. The van der Waals surface area contributed by atoms with E-state index in [2.05, 4.69) is 12.2 Å². The molecule has 2 heteroatoms. The van der Waals surface area contributed by atoms with Gasteiger partial charge in [0.2, 0.25) is 0 Å². The van der Waals surface area contributed by atoms with Crippen LogP contribution in [0.15, 0.2) is 0 Å². The summed E-state index contributed by atoms with van der Waals surface area (Å²) in [6.45, 7) is 4.32. The molecule has 1 aliphatic heterocycles. The highest BCUT2D eigenvalue weighted by Crippen LogP contribution is 2.06. The van der Waals surface area contributed by atoms with Crippen LogP contribution in [-0.2, 0) is 4.74 Å². The molecule has 0 bridgehead atoms. The summed E-state index contributed by atoms with van der Waals surface area (Å²) < 4.78 is 5.04. The molecule has 0 aromatic carbocycles. The highest BCUT2D eigenvalue weighted by atomic mass is 16.6. The molecule has 1 rings (SSSR count). The molecular formula is C10H21NO. The number of ether oxygens (including phenoxy) is 1. The molecule has 1 heterocycles. The molecule has 12 heavy (non-hydrogen) atoms. The van der Waals surface area contributed by atoms with Crippen molar-refractivity contribution < 1.29 is 4.74 Å². The van der Waals surface area contributed by atoms with Crippen molar-refractivity contribution >= 4 is 0 Å². The van der Waals surface area contributed by atoms with Crippen molar-refractivity contribution in [2.45, 2.75) is 51.7 Å². The second-order valence-corrected chi connectivity index (χ2v) is 3.54. The molecule has 0 radical (unpaired) electrons. The number of epoxide rings is 1. The zero-order chi connectivity index (χ0) is 8.65. The molecule has 2 nitrogen and oxygen atoms in total. The van der Waals surface area contributed by atoms with Gasteiger partial charge in [0.05, 0.1) is 6.61 Å². The van der Waals surface area contributed by atoms with Crippen LogP contribution in [0.1, 0.15) is 45.4 Å². The van der Waals surface area contributed by atoms with Crippen LogP contribution in [0.2, 0.25) is 0 Å². The van der Waals surface area contributed by atoms with Gasteiger partial charge < -0.3 is 4.74 Å². The lowest BCUT2D eigenvalue weighted by Crippen LogP contribution is -2.18. The van der Waals surface area contributed by atoms with Crippen LogP contribution >= 0.6 is 0 Å². The molecular weight excluding hydrogens is 150 g/mol. The standard InChI is InChI=1S/C10H21NO/c1-2-3-4-5-6-7-8-11-10-9-12-10/h10-11H,2-9H2,1H3. The number of unbranched alkanes of at least 4 members (excludes halogenated alkanes) is 5. The third-order valence-corrected chi connectivity index (χ3v) is 2.24. The SMILES string of the molecule is CCCCCCCCNC1CO1. The predicted octanol–water partition coefficient (Wildman–Crippen LogP) is 2.29. The maximum atomic E-state index is 5.04. The second kappa shape index (κ2) is 6.44. The van der Waals surface area contributed by atoms with Gasteiger partial charge in [-0.3, -0.25) is 5.32 Å². The number of rotatable bonds is 8. The highest BCUT2D eigenvalue weighted by Gasteiger charge is 2.20. The molecule has 1 N–H and O–H groups in total. The minimum absolute atomic E-state index is 0.403. The van der Waals surface area contributed by atoms with Gasteiger partial charge in [-0.1, -0.05) is 39.0 Å². The Kier molecular flexibility index (Phi) is 5.37. The summed E-state index contributed by atoms with van der Waals surface area (Å²) in [6, 6.07) is 0. The van der Waals surface area contributed by atoms with Crippen molar-refractivity contribution in [3.05, 3.63) is 0 Å². The van der Waals surface area contributed by atoms with Crippen molar-refractivity contribution in [3.8, 4) is 0 Å².